The van der Waals surface area contributed by atoms with Gasteiger partial charge in [-0.05, 0) is 67.4 Å². The van der Waals surface area contributed by atoms with E-state index in [9.17, 15) is 8.42 Å². The molecule has 1 aromatic carbocycles. The van der Waals surface area contributed by atoms with Crippen LogP contribution in [0.5, 0.6) is 0 Å². The van der Waals surface area contributed by atoms with Gasteiger partial charge in [-0.2, -0.15) is 0 Å². The molecule has 1 aromatic rings. The van der Waals surface area contributed by atoms with Crippen LogP contribution in [0, 0.1) is 11.8 Å². The Bertz CT molecular complexity index is 616. The number of piperidine rings is 1. The molecular formula is C14H18N2O2S. The van der Waals surface area contributed by atoms with Crippen molar-refractivity contribution < 1.29 is 8.42 Å². The summed E-state index contributed by atoms with van der Waals surface area (Å²) >= 11 is 0. The second kappa shape index (κ2) is 4.04. The summed E-state index contributed by atoms with van der Waals surface area (Å²) in [6.07, 6.45) is 3.24. The third-order valence-electron chi connectivity index (χ3n) is 4.76. The predicted molar refractivity (Wildman–Crippen MR) is 72.4 cm³/mol. The number of hydrogen-bond donors (Lipinski definition) is 2. The average Bonchev–Trinajstić information content (AvgIpc) is 2.85. The SMILES string of the molecule is O=S(=O)(NC1C2CNCC21)c1ccc2c(c1)CCC2. The Morgan fingerprint density at radius 1 is 1.11 bits per heavy atom. The van der Waals surface area contributed by atoms with Crippen LogP contribution in [0.3, 0.4) is 0 Å². The van der Waals surface area contributed by atoms with E-state index in [2.05, 4.69) is 10.0 Å². The number of aryl methyl sites for hydroxylation is 2. The smallest absolute Gasteiger partial charge is 0.240 e. The second-order valence-corrected chi connectivity index (χ2v) is 7.63. The van der Waals surface area contributed by atoms with Crippen molar-refractivity contribution in [3.05, 3.63) is 29.3 Å². The van der Waals surface area contributed by atoms with E-state index in [1.54, 1.807) is 6.07 Å². The Morgan fingerprint density at radius 2 is 1.84 bits per heavy atom. The third-order valence-corrected chi connectivity index (χ3v) is 6.22. The first-order chi connectivity index (χ1) is 9.15. The van der Waals surface area contributed by atoms with Gasteiger partial charge < -0.3 is 5.32 Å². The van der Waals surface area contributed by atoms with Gasteiger partial charge in [0, 0.05) is 6.04 Å². The van der Waals surface area contributed by atoms with E-state index in [-0.39, 0.29) is 6.04 Å². The standard InChI is InChI=1S/C14H18N2O2S/c17-19(18,16-14-12-7-15-8-13(12)14)11-5-4-9-2-1-3-10(9)6-11/h4-6,12-16H,1-3,7-8H2. The molecule has 1 saturated carbocycles. The molecule has 4 nitrogen and oxygen atoms in total. The number of sulfonamides is 1. The van der Waals surface area contributed by atoms with Gasteiger partial charge in [0.1, 0.15) is 0 Å². The molecule has 2 aliphatic carbocycles. The van der Waals surface area contributed by atoms with Gasteiger partial charge in [0.05, 0.1) is 4.90 Å². The Labute approximate surface area is 113 Å². The van der Waals surface area contributed by atoms with E-state index >= 15 is 0 Å². The van der Waals surface area contributed by atoms with E-state index in [0.29, 0.717) is 16.7 Å². The van der Waals surface area contributed by atoms with E-state index < -0.39 is 10.0 Å². The molecule has 19 heavy (non-hydrogen) atoms. The minimum atomic E-state index is -3.34. The fraction of sp³-hybridized carbons (Fsp3) is 0.571. The van der Waals surface area contributed by atoms with Crippen LogP contribution in [0.2, 0.25) is 0 Å². The predicted octanol–water partition coefficient (Wildman–Crippen LogP) is 0.671. The average molecular weight is 278 g/mol. The van der Waals surface area contributed by atoms with Gasteiger partial charge in [0.15, 0.2) is 0 Å². The molecule has 0 bridgehead atoms. The summed E-state index contributed by atoms with van der Waals surface area (Å²) in [5.74, 6) is 1.01. The van der Waals surface area contributed by atoms with Gasteiger partial charge in [-0.1, -0.05) is 6.07 Å². The van der Waals surface area contributed by atoms with E-state index in [4.69, 9.17) is 0 Å². The Morgan fingerprint density at radius 3 is 2.63 bits per heavy atom. The van der Waals surface area contributed by atoms with Crippen molar-refractivity contribution in [2.45, 2.75) is 30.2 Å². The number of fused-ring (bicyclic) bond motifs is 2. The summed E-state index contributed by atoms with van der Waals surface area (Å²) in [6, 6.07) is 5.75. The maximum atomic E-state index is 12.4. The van der Waals surface area contributed by atoms with Crippen molar-refractivity contribution >= 4 is 10.0 Å². The van der Waals surface area contributed by atoms with Crippen molar-refractivity contribution in [3.8, 4) is 0 Å². The molecule has 1 heterocycles. The number of benzene rings is 1. The topological polar surface area (TPSA) is 58.2 Å². The van der Waals surface area contributed by atoms with Crippen LogP contribution in [0.25, 0.3) is 0 Å². The third kappa shape index (κ3) is 1.91. The molecule has 4 rings (SSSR count). The quantitative estimate of drug-likeness (QED) is 0.854. The first-order valence-electron chi connectivity index (χ1n) is 7.00. The monoisotopic (exact) mass is 278 g/mol. The number of nitrogens with one attached hydrogen (secondary N) is 2. The highest BCUT2D eigenvalue weighted by Crippen LogP contribution is 2.42. The first-order valence-corrected chi connectivity index (χ1v) is 8.48. The van der Waals surface area contributed by atoms with Crippen LogP contribution in [0.4, 0.5) is 0 Å². The summed E-state index contributed by atoms with van der Waals surface area (Å²) in [5.41, 5.74) is 2.52. The number of hydrogen-bond acceptors (Lipinski definition) is 3. The highest BCUT2D eigenvalue weighted by Gasteiger charge is 2.54. The first kappa shape index (κ1) is 11.9. The lowest BCUT2D eigenvalue weighted by Crippen LogP contribution is -2.32. The molecule has 0 spiro atoms. The molecule has 3 aliphatic rings. The lowest BCUT2D eigenvalue weighted by Gasteiger charge is -2.10. The molecule has 102 valence electrons. The molecule has 5 heteroatoms. The molecule has 2 N–H and O–H groups in total. The Hall–Kier alpha value is -0.910. The summed E-state index contributed by atoms with van der Waals surface area (Å²) in [5, 5.41) is 3.28. The van der Waals surface area contributed by atoms with Crippen LogP contribution < -0.4 is 10.0 Å². The summed E-state index contributed by atoms with van der Waals surface area (Å²) in [4.78, 5) is 0.436. The van der Waals surface area contributed by atoms with Crippen molar-refractivity contribution in [1.82, 2.24) is 10.0 Å². The molecule has 1 aliphatic heterocycles. The molecule has 0 amide bonds. The number of rotatable bonds is 3. The molecule has 2 unspecified atom stereocenters. The van der Waals surface area contributed by atoms with E-state index in [0.717, 1.165) is 32.4 Å². The van der Waals surface area contributed by atoms with Crippen molar-refractivity contribution in [3.63, 3.8) is 0 Å². The highest BCUT2D eigenvalue weighted by atomic mass is 32.2. The zero-order chi connectivity index (χ0) is 13.0. The van der Waals surface area contributed by atoms with Gasteiger partial charge in [-0.3, -0.25) is 0 Å². The van der Waals surface area contributed by atoms with Crippen LogP contribution in [0.15, 0.2) is 23.1 Å². The van der Waals surface area contributed by atoms with Gasteiger partial charge in [0.25, 0.3) is 0 Å². The van der Waals surface area contributed by atoms with Gasteiger partial charge in [-0.25, -0.2) is 13.1 Å². The van der Waals surface area contributed by atoms with E-state index in [1.807, 2.05) is 12.1 Å². The van der Waals surface area contributed by atoms with Crippen LogP contribution in [0.1, 0.15) is 17.5 Å². The maximum absolute atomic E-state index is 12.4. The van der Waals surface area contributed by atoms with Crippen LogP contribution >= 0.6 is 0 Å². The zero-order valence-electron chi connectivity index (χ0n) is 10.7. The van der Waals surface area contributed by atoms with E-state index in [1.165, 1.54) is 11.1 Å². The Balaban J connectivity index is 1.57. The largest absolute Gasteiger partial charge is 0.316 e. The van der Waals surface area contributed by atoms with Gasteiger partial charge >= 0.3 is 0 Å². The fourth-order valence-corrected chi connectivity index (χ4v) is 4.94. The van der Waals surface area contributed by atoms with Crippen LogP contribution in [-0.4, -0.2) is 27.5 Å². The van der Waals surface area contributed by atoms with Gasteiger partial charge in [0.2, 0.25) is 10.0 Å². The van der Waals surface area contributed by atoms with Gasteiger partial charge in [-0.15, -0.1) is 0 Å². The zero-order valence-corrected chi connectivity index (χ0v) is 11.5. The summed E-state index contributed by atoms with van der Waals surface area (Å²) in [7, 11) is -3.34. The molecule has 0 aromatic heterocycles. The van der Waals surface area contributed by atoms with Crippen LogP contribution in [-0.2, 0) is 22.9 Å². The summed E-state index contributed by atoms with van der Waals surface area (Å²) < 4.78 is 27.6. The molecule has 1 saturated heterocycles. The lowest BCUT2D eigenvalue weighted by molar-refractivity contribution is 0.565. The minimum absolute atomic E-state index is 0.152. The summed E-state index contributed by atoms with van der Waals surface area (Å²) in [6.45, 7) is 1.89. The molecular weight excluding hydrogens is 260 g/mol. The Kier molecular flexibility index (Phi) is 2.53. The fourth-order valence-electron chi connectivity index (χ4n) is 3.56. The van der Waals surface area contributed by atoms with Crippen molar-refractivity contribution in [1.29, 1.82) is 0 Å². The maximum Gasteiger partial charge on any atom is 0.240 e. The van der Waals surface area contributed by atoms with Crippen molar-refractivity contribution in [2.75, 3.05) is 13.1 Å². The second-order valence-electron chi connectivity index (χ2n) is 5.92. The van der Waals surface area contributed by atoms with Crippen molar-refractivity contribution in [2.24, 2.45) is 11.8 Å². The highest BCUT2D eigenvalue weighted by molar-refractivity contribution is 7.89. The molecule has 2 fully saturated rings. The minimum Gasteiger partial charge on any atom is -0.316 e. The molecule has 2 atom stereocenters. The lowest BCUT2D eigenvalue weighted by atomic mass is 10.1. The normalized spacial score (nSPS) is 32.1. The molecule has 0 radical (unpaired) electrons.